The fourth-order valence-electron chi connectivity index (χ4n) is 1.57. The number of hydrogen-bond donors (Lipinski definition) is 0. The van der Waals surface area contributed by atoms with E-state index in [1.54, 1.807) is 13.8 Å². The van der Waals surface area contributed by atoms with Gasteiger partial charge in [0.25, 0.3) is 0 Å². The Kier molecular flexibility index (Phi) is 7.95. The zero-order valence-electron chi connectivity index (χ0n) is 11.3. The number of carbonyl (C=O) groups excluding carboxylic acids is 2. The molecule has 19 heavy (non-hydrogen) atoms. The molecule has 0 saturated carbocycles. The van der Waals surface area contributed by atoms with Crippen LogP contribution >= 0.6 is 0 Å². The normalized spacial score (nSPS) is 10.1. The zero-order chi connectivity index (χ0) is 14.7. The molecule has 0 bridgehead atoms. The number of esters is 2. The molecule has 0 radical (unpaired) electrons. The molecule has 104 valence electrons. The van der Waals surface area contributed by atoms with E-state index in [4.69, 9.17) is 20.0 Å². The van der Waals surface area contributed by atoms with Crippen molar-refractivity contribution in [1.29, 1.82) is 10.5 Å². The lowest BCUT2D eigenvalue weighted by molar-refractivity contribution is -0.173. The Hall–Kier alpha value is -2.08. The summed E-state index contributed by atoms with van der Waals surface area (Å²) >= 11 is 0. The van der Waals surface area contributed by atoms with Crippen molar-refractivity contribution in [2.24, 2.45) is 5.41 Å². The second-order valence-corrected chi connectivity index (χ2v) is 3.88. The quantitative estimate of drug-likeness (QED) is 0.376. The summed E-state index contributed by atoms with van der Waals surface area (Å²) in [6.07, 6.45) is 0.665. The van der Waals surface area contributed by atoms with Gasteiger partial charge in [0.1, 0.15) is 13.2 Å². The largest absolute Gasteiger partial charge is 0.464 e. The van der Waals surface area contributed by atoms with E-state index in [0.717, 1.165) is 0 Å². The van der Waals surface area contributed by atoms with E-state index >= 15 is 0 Å². The van der Waals surface area contributed by atoms with E-state index in [0.29, 0.717) is 0 Å². The number of hydrogen-bond acceptors (Lipinski definition) is 6. The fraction of sp³-hybridized carbons (Fsp3) is 0.692. The van der Waals surface area contributed by atoms with Crippen LogP contribution in [0.5, 0.6) is 0 Å². The van der Waals surface area contributed by atoms with Crippen molar-refractivity contribution in [2.75, 3.05) is 13.2 Å². The molecule has 0 heterocycles. The third-order valence-corrected chi connectivity index (χ3v) is 2.88. The molecule has 0 atom stereocenters. The standard InChI is InChI=1S/C13H18N2O4/c1-3-13(4-2,11(16)18-9-5-7-14)12(17)19-10-6-8-15/h3-6,9-10H2,1-2H3. The highest BCUT2D eigenvalue weighted by molar-refractivity contribution is 5.99. The average molecular weight is 266 g/mol. The Morgan fingerprint density at radius 1 is 0.947 bits per heavy atom. The fourth-order valence-corrected chi connectivity index (χ4v) is 1.57. The van der Waals surface area contributed by atoms with Crippen molar-refractivity contribution in [3.63, 3.8) is 0 Å². The van der Waals surface area contributed by atoms with E-state index in [9.17, 15) is 9.59 Å². The van der Waals surface area contributed by atoms with Crippen molar-refractivity contribution in [3.8, 4) is 12.1 Å². The SMILES string of the molecule is CCC(CC)(C(=O)OCCC#N)C(=O)OCCC#N. The van der Waals surface area contributed by atoms with Gasteiger partial charge in [-0.05, 0) is 12.8 Å². The molecule has 0 spiro atoms. The average Bonchev–Trinajstić information content (AvgIpc) is 2.41. The van der Waals surface area contributed by atoms with Crippen LogP contribution in [0.2, 0.25) is 0 Å². The van der Waals surface area contributed by atoms with Gasteiger partial charge in [0.05, 0.1) is 25.0 Å². The highest BCUT2D eigenvalue weighted by Gasteiger charge is 2.45. The van der Waals surface area contributed by atoms with Crippen LogP contribution in [0, 0.1) is 28.1 Å². The molecule has 0 unspecified atom stereocenters. The van der Waals surface area contributed by atoms with Crippen LogP contribution in [0.1, 0.15) is 39.5 Å². The van der Waals surface area contributed by atoms with Gasteiger partial charge in [0.15, 0.2) is 5.41 Å². The van der Waals surface area contributed by atoms with Gasteiger partial charge in [-0.15, -0.1) is 0 Å². The second-order valence-electron chi connectivity index (χ2n) is 3.88. The summed E-state index contributed by atoms with van der Waals surface area (Å²) in [6.45, 7) is 3.31. The van der Waals surface area contributed by atoms with Gasteiger partial charge in [0, 0.05) is 0 Å². The Morgan fingerprint density at radius 2 is 1.32 bits per heavy atom. The summed E-state index contributed by atoms with van der Waals surface area (Å²) < 4.78 is 9.86. The topological polar surface area (TPSA) is 100 Å². The first-order valence-corrected chi connectivity index (χ1v) is 6.17. The third kappa shape index (κ3) is 4.59. The number of ether oxygens (including phenoxy) is 2. The molecule has 0 aliphatic rings. The minimum absolute atomic E-state index is 0.0391. The van der Waals surface area contributed by atoms with E-state index in [2.05, 4.69) is 0 Å². The maximum Gasteiger partial charge on any atom is 0.323 e. The molecule has 0 N–H and O–H groups in total. The van der Waals surface area contributed by atoms with Crippen LogP contribution in [0.3, 0.4) is 0 Å². The second kappa shape index (κ2) is 8.93. The first kappa shape index (κ1) is 16.9. The summed E-state index contributed by atoms with van der Waals surface area (Å²) in [7, 11) is 0. The van der Waals surface area contributed by atoms with Crippen LogP contribution in [-0.4, -0.2) is 25.2 Å². The summed E-state index contributed by atoms with van der Waals surface area (Å²) in [5, 5.41) is 16.8. The van der Waals surface area contributed by atoms with Gasteiger partial charge in [0.2, 0.25) is 0 Å². The van der Waals surface area contributed by atoms with E-state index < -0.39 is 17.4 Å². The van der Waals surface area contributed by atoms with Gasteiger partial charge in [-0.3, -0.25) is 9.59 Å². The molecule has 0 aliphatic carbocycles. The molecular formula is C13H18N2O4. The molecule has 0 rings (SSSR count). The van der Waals surface area contributed by atoms with Crippen LogP contribution in [-0.2, 0) is 19.1 Å². The number of nitrogens with zero attached hydrogens (tertiary/aromatic N) is 2. The molecule has 0 aromatic heterocycles. The van der Waals surface area contributed by atoms with Crippen molar-refractivity contribution < 1.29 is 19.1 Å². The van der Waals surface area contributed by atoms with E-state index in [1.807, 2.05) is 12.1 Å². The van der Waals surface area contributed by atoms with Gasteiger partial charge in [-0.1, -0.05) is 13.8 Å². The minimum atomic E-state index is -1.34. The molecule has 0 aromatic rings. The predicted octanol–water partition coefficient (Wildman–Crippen LogP) is 1.71. The maximum absolute atomic E-state index is 12.0. The maximum atomic E-state index is 12.0. The smallest absolute Gasteiger partial charge is 0.323 e. The molecular weight excluding hydrogens is 248 g/mol. The summed E-state index contributed by atoms with van der Waals surface area (Å²) in [4.78, 5) is 24.0. The van der Waals surface area contributed by atoms with E-state index in [1.165, 1.54) is 0 Å². The van der Waals surface area contributed by atoms with Crippen LogP contribution in [0.4, 0.5) is 0 Å². The summed E-state index contributed by atoms with van der Waals surface area (Å²) in [5.74, 6) is -1.34. The summed E-state index contributed by atoms with van der Waals surface area (Å²) in [6, 6.07) is 3.70. The first-order chi connectivity index (χ1) is 9.08. The number of nitriles is 2. The summed E-state index contributed by atoms with van der Waals surface area (Å²) in [5.41, 5.74) is -1.34. The van der Waals surface area contributed by atoms with E-state index in [-0.39, 0.29) is 38.9 Å². The van der Waals surface area contributed by atoms with Crippen LogP contribution < -0.4 is 0 Å². The van der Waals surface area contributed by atoms with Crippen molar-refractivity contribution in [2.45, 2.75) is 39.5 Å². The molecule has 0 saturated heterocycles. The lowest BCUT2D eigenvalue weighted by atomic mass is 9.82. The molecule has 0 amide bonds. The third-order valence-electron chi connectivity index (χ3n) is 2.88. The predicted molar refractivity (Wildman–Crippen MR) is 65.4 cm³/mol. The number of rotatable bonds is 8. The Balaban J connectivity index is 4.73. The van der Waals surface area contributed by atoms with Crippen molar-refractivity contribution >= 4 is 11.9 Å². The molecule has 6 nitrogen and oxygen atoms in total. The van der Waals surface area contributed by atoms with Gasteiger partial charge in [-0.25, -0.2) is 0 Å². The van der Waals surface area contributed by atoms with Gasteiger partial charge < -0.3 is 9.47 Å². The lowest BCUT2D eigenvalue weighted by Gasteiger charge is -2.26. The zero-order valence-corrected chi connectivity index (χ0v) is 11.3. The van der Waals surface area contributed by atoms with Crippen molar-refractivity contribution in [1.82, 2.24) is 0 Å². The Bertz CT molecular complexity index is 354. The number of carbonyl (C=O) groups is 2. The molecule has 0 fully saturated rings. The monoisotopic (exact) mass is 266 g/mol. The van der Waals surface area contributed by atoms with Crippen LogP contribution in [0.25, 0.3) is 0 Å². The molecule has 0 aromatic carbocycles. The van der Waals surface area contributed by atoms with Gasteiger partial charge >= 0.3 is 11.9 Å². The molecule has 0 aliphatic heterocycles. The highest BCUT2D eigenvalue weighted by Crippen LogP contribution is 2.30. The van der Waals surface area contributed by atoms with Crippen molar-refractivity contribution in [3.05, 3.63) is 0 Å². The minimum Gasteiger partial charge on any atom is -0.464 e. The Labute approximate surface area is 112 Å². The molecule has 6 heteroatoms. The highest BCUT2D eigenvalue weighted by atomic mass is 16.6. The Morgan fingerprint density at radius 3 is 1.58 bits per heavy atom. The lowest BCUT2D eigenvalue weighted by Crippen LogP contribution is -2.41. The van der Waals surface area contributed by atoms with Crippen LogP contribution in [0.15, 0.2) is 0 Å². The first-order valence-electron chi connectivity index (χ1n) is 6.17. The van der Waals surface area contributed by atoms with Gasteiger partial charge in [-0.2, -0.15) is 10.5 Å².